The molecule has 4 aromatic rings. The van der Waals surface area contributed by atoms with Gasteiger partial charge in [-0.15, -0.1) is 0 Å². The van der Waals surface area contributed by atoms with Gasteiger partial charge in [-0.05, 0) is 48.5 Å². The average Bonchev–Trinajstić information content (AvgIpc) is 3.30. The Hall–Kier alpha value is -3.90. The summed E-state index contributed by atoms with van der Waals surface area (Å²) in [6.45, 7) is 0. The molecule has 0 atom stereocenters. The van der Waals surface area contributed by atoms with Crippen LogP contribution in [-0.4, -0.2) is 33.6 Å². The Morgan fingerprint density at radius 3 is 2.42 bits per heavy atom. The number of rotatable bonds is 6. The monoisotopic (exact) mass is 484 g/mol. The van der Waals surface area contributed by atoms with Crippen LogP contribution in [-0.2, 0) is 9.84 Å². The number of hydrogen-bond acceptors (Lipinski definition) is 8. The van der Waals surface area contributed by atoms with E-state index in [1.807, 2.05) is 0 Å². The van der Waals surface area contributed by atoms with Crippen LogP contribution in [0.3, 0.4) is 0 Å². The number of pyridine rings is 1. The maximum atomic E-state index is 13.2. The first-order chi connectivity index (χ1) is 15.8. The van der Waals surface area contributed by atoms with Gasteiger partial charge in [-0.2, -0.15) is 5.10 Å². The van der Waals surface area contributed by atoms with Crippen molar-refractivity contribution in [3.8, 4) is 11.3 Å². The molecule has 0 spiro atoms. The Morgan fingerprint density at radius 2 is 1.76 bits per heavy atom. The van der Waals surface area contributed by atoms with Crippen LogP contribution >= 0.6 is 11.8 Å². The topological polar surface area (TPSA) is 136 Å². The largest absolute Gasteiger partial charge is 0.299 e. The van der Waals surface area contributed by atoms with E-state index in [9.17, 15) is 27.7 Å². The molecule has 0 bridgehead atoms. The molecule has 9 nitrogen and oxygen atoms in total. The molecule has 0 fully saturated rings. The zero-order valence-electron chi connectivity index (χ0n) is 16.5. The number of aromatic nitrogens is 3. The zero-order valence-corrected chi connectivity index (χ0v) is 18.1. The Morgan fingerprint density at radius 1 is 1.06 bits per heavy atom. The minimum absolute atomic E-state index is 0.273. The van der Waals surface area contributed by atoms with Crippen LogP contribution in [0.25, 0.3) is 11.3 Å². The molecule has 2 heterocycles. The van der Waals surface area contributed by atoms with E-state index in [2.05, 4.69) is 15.2 Å². The molecular weight excluding hydrogens is 471 g/mol. The van der Waals surface area contributed by atoms with Crippen LogP contribution in [0.1, 0.15) is 10.5 Å². The molecule has 2 aromatic carbocycles. The molecule has 0 aliphatic rings. The van der Waals surface area contributed by atoms with E-state index in [1.54, 1.807) is 24.4 Å². The third-order valence-electron chi connectivity index (χ3n) is 4.50. The minimum Gasteiger partial charge on any atom is -0.274 e. The number of benzene rings is 2. The number of non-ortho nitro benzene ring substituents is 1. The van der Waals surface area contributed by atoms with Gasteiger partial charge in [0, 0.05) is 39.9 Å². The summed E-state index contributed by atoms with van der Waals surface area (Å²) < 4.78 is 38.5. The summed E-state index contributed by atoms with van der Waals surface area (Å²) in [7, 11) is -4.46. The summed E-state index contributed by atoms with van der Waals surface area (Å²) in [5, 5.41) is 16.0. The van der Waals surface area contributed by atoms with E-state index in [0.29, 0.717) is 10.5 Å². The SMILES string of the molecule is O=C(c1cc(-c2cnccc2Sc2ccc(F)cc2)n[nH]1)S(=O)(=O)c1ccc([N+](=O)[O-])cc1. The number of H-pyrrole nitrogens is 1. The fourth-order valence-electron chi connectivity index (χ4n) is 2.86. The molecule has 0 saturated heterocycles. The zero-order chi connectivity index (χ0) is 23.6. The molecule has 2 aromatic heterocycles. The Kier molecular flexibility index (Phi) is 6.03. The van der Waals surface area contributed by atoms with Gasteiger partial charge in [0.1, 0.15) is 11.5 Å². The van der Waals surface area contributed by atoms with Gasteiger partial charge in [0.2, 0.25) is 9.84 Å². The van der Waals surface area contributed by atoms with Gasteiger partial charge < -0.3 is 0 Å². The molecule has 0 unspecified atom stereocenters. The first-order valence-corrected chi connectivity index (χ1v) is 11.5. The van der Waals surface area contributed by atoms with Crippen molar-refractivity contribution >= 4 is 32.4 Å². The quantitative estimate of drug-likeness (QED) is 0.316. The minimum atomic E-state index is -4.46. The van der Waals surface area contributed by atoms with Crippen molar-refractivity contribution in [1.82, 2.24) is 15.2 Å². The van der Waals surface area contributed by atoms with Gasteiger partial charge >= 0.3 is 0 Å². The third-order valence-corrected chi connectivity index (χ3v) is 7.18. The first-order valence-electron chi connectivity index (χ1n) is 9.23. The van der Waals surface area contributed by atoms with Gasteiger partial charge in [-0.3, -0.25) is 25.0 Å². The highest BCUT2D eigenvalue weighted by atomic mass is 32.2. The smallest absolute Gasteiger partial charge is 0.274 e. The van der Waals surface area contributed by atoms with Crippen LogP contribution in [0.5, 0.6) is 0 Å². The molecule has 0 amide bonds. The van der Waals surface area contributed by atoms with E-state index >= 15 is 0 Å². The molecule has 33 heavy (non-hydrogen) atoms. The van der Waals surface area contributed by atoms with Crippen molar-refractivity contribution in [2.75, 3.05) is 0 Å². The van der Waals surface area contributed by atoms with Crippen LogP contribution in [0, 0.1) is 15.9 Å². The number of hydrogen-bond donors (Lipinski definition) is 1. The lowest BCUT2D eigenvalue weighted by molar-refractivity contribution is -0.384. The normalized spacial score (nSPS) is 11.3. The van der Waals surface area contributed by atoms with Crippen LogP contribution in [0.4, 0.5) is 10.1 Å². The van der Waals surface area contributed by atoms with Gasteiger partial charge in [0.15, 0.2) is 0 Å². The summed E-state index contributed by atoms with van der Waals surface area (Å²) in [6.07, 6.45) is 3.08. The maximum Gasteiger partial charge on any atom is 0.299 e. The molecule has 4 rings (SSSR count). The molecule has 1 N–H and O–H groups in total. The molecule has 0 radical (unpaired) electrons. The van der Waals surface area contributed by atoms with Crippen LogP contribution in [0.15, 0.2) is 87.7 Å². The lowest BCUT2D eigenvalue weighted by Crippen LogP contribution is -2.15. The van der Waals surface area contributed by atoms with Gasteiger partial charge in [0.05, 0.1) is 15.5 Å². The second kappa shape index (κ2) is 8.92. The number of nitrogens with one attached hydrogen (secondary N) is 1. The van der Waals surface area contributed by atoms with E-state index < -0.39 is 19.9 Å². The van der Waals surface area contributed by atoms with Crippen molar-refractivity contribution in [1.29, 1.82) is 0 Å². The van der Waals surface area contributed by atoms with Crippen molar-refractivity contribution in [2.24, 2.45) is 0 Å². The predicted molar refractivity (Wildman–Crippen MR) is 117 cm³/mol. The molecule has 0 aliphatic heterocycles. The summed E-state index contributed by atoms with van der Waals surface area (Å²) in [5.74, 6) is -0.362. The summed E-state index contributed by atoms with van der Waals surface area (Å²) in [4.78, 5) is 27.9. The summed E-state index contributed by atoms with van der Waals surface area (Å²) >= 11 is 1.32. The Labute approximate surface area is 190 Å². The fraction of sp³-hybridized carbons (Fsp3) is 0. The van der Waals surface area contributed by atoms with E-state index in [-0.39, 0.29) is 27.8 Å². The molecule has 12 heteroatoms. The van der Waals surface area contributed by atoms with Crippen molar-refractivity contribution in [2.45, 2.75) is 14.7 Å². The van der Waals surface area contributed by atoms with Crippen LogP contribution < -0.4 is 0 Å². The average molecular weight is 484 g/mol. The lowest BCUT2D eigenvalue weighted by atomic mass is 10.2. The van der Waals surface area contributed by atoms with Crippen molar-refractivity contribution in [3.63, 3.8) is 0 Å². The van der Waals surface area contributed by atoms with Gasteiger partial charge in [0.25, 0.3) is 10.8 Å². The summed E-state index contributed by atoms with van der Waals surface area (Å²) in [5.41, 5.74) is 0.253. The Balaban J connectivity index is 1.62. The predicted octanol–water partition coefficient (Wildman–Crippen LogP) is 4.28. The van der Waals surface area contributed by atoms with Gasteiger partial charge in [-0.1, -0.05) is 11.8 Å². The highest BCUT2D eigenvalue weighted by molar-refractivity contribution is 8.06. The molecule has 0 aliphatic carbocycles. The van der Waals surface area contributed by atoms with Gasteiger partial charge in [-0.25, -0.2) is 12.8 Å². The van der Waals surface area contributed by atoms with E-state index in [4.69, 9.17) is 0 Å². The molecular formula is C21H13FN4O5S2. The number of nitrogens with zero attached hydrogens (tertiary/aromatic N) is 3. The van der Waals surface area contributed by atoms with E-state index in [1.165, 1.54) is 36.2 Å². The molecule has 166 valence electrons. The van der Waals surface area contributed by atoms with E-state index in [0.717, 1.165) is 29.2 Å². The summed E-state index contributed by atoms with van der Waals surface area (Å²) in [6, 6.07) is 12.9. The molecule has 0 saturated carbocycles. The second-order valence-corrected chi connectivity index (χ2v) is 9.60. The maximum absolute atomic E-state index is 13.2. The van der Waals surface area contributed by atoms with Crippen molar-refractivity contribution in [3.05, 3.63) is 94.7 Å². The highest BCUT2D eigenvalue weighted by Crippen LogP contribution is 2.35. The number of sulfone groups is 1. The Bertz CT molecular complexity index is 1450. The number of carbonyl (C=O) groups excluding carboxylic acids is 1. The third kappa shape index (κ3) is 4.66. The lowest BCUT2D eigenvalue weighted by Gasteiger charge is -2.06. The number of halogens is 1. The number of nitro benzene ring substituents is 1. The number of aromatic amines is 1. The fourth-order valence-corrected chi connectivity index (χ4v) is 4.88. The highest BCUT2D eigenvalue weighted by Gasteiger charge is 2.29. The van der Waals surface area contributed by atoms with Crippen molar-refractivity contribution < 1.29 is 22.5 Å². The van der Waals surface area contributed by atoms with Crippen LogP contribution in [0.2, 0.25) is 0 Å². The number of nitro groups is 1. The second-order valence-electron chi connectivity index (χ2n) is 6.64. The standard InChI is InChI=1S/C21H13FN4O5S2/c22-13-1-5-15(6-2-13)32-20-9-10-23-12-17(20)18-11-19(25-24-18)21(27)33(30,31)16-7-3-14(4-8-16)26(28)29/h1-12H,(H,24,25). The first kappa shape index (κ1) is 22.3. The number of carbonyl (C=O) groups is 1.